The van der Waals surface area contributed by atoms with Crippen molar-refractivity contribution < 1.29 is 17.9 Å². The van der Waals surface area contributed by atoms with Gasteiger partial charge in [-0.3, -0.25) is 19.0 Å². The Morgan fingerprint density at radius 1 is 1.26 bits per heavy atom. The van der Waals surface area contributed by atoms with Crippen LogP contribution in [-0.2, 0) is 27.8 Å². The van der Waals surface area contributed by atoms with Crippen molar-refractivity contribution in [3.8, 4) is 5.75 Å². The largest absolute Gasteiger partial charge is 0.493 e. The Morgan fingerprint density at radius 2 is 2.11 bits per heavy atom. The smallest absolute Gasteiger partial charge is 0.266 e. The van der Waals surface area contributed by atoms with Crippen molar-refractivity contribution in [2.75, 3.05) is 13.7 Å². The first-order chi connectivity index (χ1) is 18.2. The second kappa shape index (κ2) is 10.5. The highest BCUT2D eigenvalue weighted by Crippen LogP contribution is 2.35. The van der Waals surface area contributed by atoms with Gasteiger partial charge in [-0.05, 0) is 44.7 Å². The van der Waals surface area contributed by atoms with Gasteiger partial charge in [-0.25, -0.2) is 13.1 Å². The first kappa shape index (κ1) is 25.9. The molecule has 2 unspecified atom stereocenters. The van der Waals surface area contributed by atoms with Gasteiger partial charge in [0, 0.05) is 62.0 Å². The minimum absolute atomic E-state index is 0.00535. The first-order valence-electron chi connectivity index (χ1n) is 12.5. The number of carbonyl (C=O) groups is 1. The number of hydrogen-bond acceptors (Lipinski definition) is 8. The van der Waals surface area contributed by atoms with Crippen molar-refractivity contribution >= 4 is 15.9 Å². The second-order valence-electron chi connectivity index (χ2n) is 9.79. The average molecular weight is 538 g/mol. The first-order valence-corrected chi connectivity index (χ1v) is 13.9. The summed E-state index contributed by atoms with van der Waals surface area (Å²) in [7, 11) is -1.89. The number of fused-ring (bicyclic) bond motifs is 1. The number of hydrogen-bond donors (Lipinski definition) is 1. The van der Waals surface area contributed by atoms with Crippen LogP contribution < -0.4 is 10.1 Å². The van der Waals surface area contributed by atoms with Crippen LogP contribution in [0.5, 0.6) is 5.75 Å². The van der Waals surface area contributed by atoms with E-state index in [1.165, 1.54) is 36.4 Å². The number of amides is 1. The maximum atomic E-state index is 13.3. The molecule has 1 N–H and O–H groups in total. The Morgan fingerprint density at radius 3 is 2.87 bits per heavy atom. The van der Waals surface area contributed by atoms with Crippen molar-refractivity contribution in [1.29, 1.82) is 0 Å². The number of carbonyl (C=O) groups excluding carboxylic acids is 1. The molecule has 1 amide bonds. The van der Waals surface area contributed by atoms with Gasteiger partial charge in [-0.2, -0.15) is 0 Å². The van der Waals surface area contributed by atoms with E-state index in [1.54, 1.807) is 16.9 Å². The lowest BCUT2D eigenvalue weighted by Crippen LogP contribution is -2.50. The van der Waals surface area contributed by atoms with Crippen molar-refractivity contribution in [3.63, 3.8) is 0 Å². The molecule has 0 bridgehead atoms. The number of nitrogens with zero attached hydrogens (tertiary/aromatic N) is 6. The van der Waals surface area contributed by atoms with Crippen LogP contribution >= 0.6 is 0 Å². The fraction of sp³-hybridized carbons (Fsp3) is 0.385. The maximum absolute atomic E-state index is 13.3. The summed E-state index contributed by atoms with van der Waals surface area (Å²) in [6.07, 6.45) is 7.98. The van der Waals surface area contributed by atoms with Gasteiger partial charge in [0.1, 0.15) is 16.7 Å². The second-order valence-corrected chi connectivity index (χ2v) is 11.6. The number of nitrogens with one attached hydrogen (secondary N) is 1. The summed E-state index contributed by atoms with van der Waals surface area (Å²) in [6, 6.07) is 8.60. The van der Waals surface area contributed by atoms with Crippen LogP contribution in [0.3, 0.4) is 0 Å². The van der Waals surface area contributed by atoms with Gasteiger partial charge in [-0.15, -0.1) is 5.10 Å². The van der Waals surface area contributed by atoms with Gasteiger partial charge in [0.25, 0.3) is 10.0 Å². The molecule has 0 saturated heterocycles. The van der Waals surface area contributed by atoms with Gasteiger partial charge in [-0.1, -0.05) is 17.3 Å². The molecular formula is C26H31N7O4S. The van der Waals surface area contributed by atoms with Crippen LogP contribution in [0.1, 0.15) is 43.1 Å². The number of benzene rings is 1. The van der Waals surface area contributed by atoms with Gasteiger partial charge < -0.3 is 10.1 Å². The highest BCUT2D eigenvalue weighted by atomic mass is 32.2. The fourth-order valence-electron chi connectivity index (χ4n) is 4.58. The molecule has 3 aromatic rings. The van der Waals surface area contributed by atoms with E-state index in [2.05, 4.69) is 64.6 Å². The molecule has 2 atom stereocenters. The zero-order chi connectivity index (χ0) is 26.9. The normalized spacial score (nSPS) is 19.4. The molecule has 200 valence electrons. The number of pyridine rings is 1. The summed E-state index contributed by atoms with van der Waals surface area (Å²) in [5, 5.41) is 11.2. The average Bonchev–Trinajstić information content (AvgIpc) is 3.38. The van der Waals surface area contributed by atoms with Crippen LogP contribution in [-0.4, -0.2) is 69.2 Å². The number of sulfonamides is 1. The molecule has 1 aromatic carbocycles. The molecule has 0 aliphatic carbocycles. The molecule has 0 spiro atoms. The van der Waals surface area contributed by atoms with Gasteiger partial charge in [0.15, 0.2) is 0 Å². The molecule has 12 heteroatoms. The van der Waals surface area contributed by atoms with Crippen molar-refractivity contribution in [2.24, 2.45) is 0 Å². The molecule has 0 radical (unpaired) electrons. The summed E-state index contributed by atoms with van der Waals surface area (Å²) >= 11 is 0. The van der Waals surface area contributed by atoms with Crippen LogP contribution in [0.15, 0.2) is 66.2 Å². The van der Waals surface area contributed by atoms with E-state index < -0.39 is 22.0 Å². The predicted molar refractivity (Wildman–Crippen MR) is 139 cm³/mol. The van der Waals surface area contributed by atoms with Crippen LogP contribution in [0.2, 0.25) is 0 Å². The van der Waals surface area contributed by atoms with Gasteiger partial charge >= 0.3 is 0 Å². The molecule has 0 saturated carbocycles. The monoisotopic (exact) mass is 537 g/mol. The van der Waals surface area contributed by atoms with Crippen molar-refractivity contribution in [3.05, 3.63) is 78.1 Å². The molecule has 2 aliphatic rings. The number of ether oxygens (including phenoxy) is 1. The Bertz CT molecular complexity index is 1440. The Labute approximate surface area is 222 Å². The Balaban J connectivity index is 1.36. The summed E-state index contributed by atoms with van der Waals surface area (Å²) in [4.78, 5) is 18.9. The third kappa shape index (κ3) is 5.14. The van der Waals surface area contributed by atoms with Crippen molar-refractivity contribution in [1.82, 2.24) is 34.5 Å². The summed E-state index contributed by atoms with van der Waals surface area (Å²) in [6.45, 7) is 5.69. The van der Waals surface area contributed by atoms with E-state index in [0.717, 1.165) is 28.6 Å². The minimum Gasteiger partial charge on any atom is -0.493 e. The quantitative estimate of drug-likeness (QED) is 0.464. The fourth-order valence-corrected chi connectivity index (χ4v) is 5.99. The minimum atomic E-state index is -3.99. The standard InChI is InChI=1S/C26H31N7O4S/c1-18(2)31(3)16-19-6-7-22-23(8-12-37-25(22)13-19)32-17-20(29-30-32)14-24-26(34)28-10-11-33(24)38(35,36)21-5-4-9-27-15-21/h4-7,9-11,13,15,17-18,23-24H,8,12,14,16H2,1-3H3,(H,28,34). The molecule has 38 heavy (non-hydrogen) atoms. The summed E-state index contributed by atoms with van der Waals surface area (Å²) in [5.74, 6) is 0.392. The third-order valence-corrected chi connectivity index (χ3v) is 8.71. The Hall–Kier alpha value is -3.77. The van der Waals surface area contributed by atoms with E-state index in [9.17, 15) is 13.2 Å². The highest BCUT2D eigenvalue weighted by Gasteiger charge is 2.36. The summed E-state index contributed by atoms with van der Waals surface area (Å²) in [5.41, 5.74) is 2.70. The van der Waals surface area contributed by atoms with Gasteiger partial charge in [0.05, 0.1) is 18.3 Å². The molecular weight excluding hydrogens is 506 g/mol. The molecule has 0 fully saturated rings. The lowest BCUT2D eigenvalue weighted by atomic mass is 9.98. The maximum Gasteiger partial charge on any atom is 0.266 e. The number of aromatic nitrogens is 4. The molecule has 5 rings (SSSR count). The van der Waals surface area contributed by atoms with Crippen LogP contribution in [0.4, 0.5) is 0 Å². The van der Waals surface area contributed by atoms with E-state index in [1.807, 2.05) is 0 Å². The van der Waals surface area contributed by atoms with E-state index in [4.69, 9.17) is 4.74 Å². The van der Waals surface area contributed by atoms with Gasteiger partial charge in [0.2, 0.25) is 5.91 Å². The topological polar surface area (TPSA) is 123 Å². The Kier molecular flexibility index (Phi) is 7.17. The molecule has 2 aliphatic heterocycles. The SMILES string of the molecule is CC(C)N(C)Cc1ccc2c(c1)OCCC2n1cc(CC2C(=O)NC=CN2S(=O)(=O)c2cccnc2)nn1. The lowest BCUT2D eigenvalue weighted by molar-refractivity contribution is -0.124. The number of rotatable bonds is 8. The van der Waals surface area contributed by atoms with Crippen molar-refractivity contribution in [2.45, 2.75) is 56.3 Å². The van der Waals surface area contributed by atoms with E-state index in [-0.39, 0.29) is 17.4 Å². The van der Waals surface area contributed by atoms with Crippen LogP contribution in [0.25, 0.3) is 0 Å². The summed E-state index contributed by atoms with van der Waals surface area (Å²) < 4.78 is 35.3. The highest BCUT2D eigenvalue weighted by molar-refractivity contribution is 7.89. The van der Waals surface area contributed by atoms with Crippen LogP contribution in [0, 0.1) is 0 Å². The van der Waals surface area contributed by atoms with E-state index >= 15 is 0 Å². The zero-order valence-electron chi connectivity index (χ0n) is 21.6. The lowest BCUT2D eigenvalue weighted by Gasteiger charge is -2.30. The third-order valence-electron chi connectivity index (χ3n) is 6.95. The molecule has 2 aromatic heterocycles. The molecule has 11 nitrogen and oxygen atoms in total. The zero-order valence-corrected chi connectivity index (χ0v) is 22.4. The molecule has 4 heterocycles. The predicted octanol–water partition coefficient (Wildman–Crippen LogP) is 2.09. The van der Waals surface area contributed by atoms with E-state index in [0.29, 0.717) is 18.3 Å².